The first-order valence-electron chi connectivity index (χ1n) is 7.25. The van der Waals surface area contributed by atoms with Crippen LogP contribution in [0.3, 0.4) is 0 Å². The van der Waals surface area contributed by atoms with Gasteiger partial charge in [-0.25, -0.2) is 4.98 Å². The number of benzene rings is 1. The van der Waals surface area contributed by atoms with Crippen molar-refractivity contribution in [1.82, 2.24) is 20.1 Å². The highest BCUT2D eigenvalue weighted by Crippen LogP contribution is 2.36. The lowest BCUT2D eigenvalue weighted by atomic mass is 9.94. The molecule has 1 amide bonds. The van der Waals surface area contributed by atoms with Crippen LogP contribution in [-0.4, -0.2) is 45.2 Å². The van der Waals surface area contributed by atoms with Gasteiger partial charge in [-0.2, -0.15) is 5.10 Å². The second-order valence-electron chi connectivity index (χ2n) is 5.79. The number of fused-ring (bicyclic) bond motifs is 1. The van der Waals surface area contributed by atoms with Crippen LogP contribution in [0.5, 0.6) is 5.75 Å². The maximum atomic E-state index is 12.3. The highest BCUT2D eigenvalue weighted by molar-refractivity contribution is 6.00. The zero-order valence-electron chi connectivity index (χ0n) is 13.5. The van der Waals surface area contributed by atoms with E-state index in [-0.39, 0.29) is 11.7 Å². The van der Waals surface area contributed by atoms with Crippen molar-refractivity contribution in [2.45, 2.75) is 13.8 Å². The fourth-order valence-corrected chi connectivity index (χ4v) is 2.72. The minimum atomic E-state index is -0.176. The van der Waals surface area contributed by atoms with E-state index in [4.69, 9.17) is 0 Å². The van der Waals surface area contributed by atoms with Crippen LogP contribution in [0.15, 0.2) is 24.4 Å². The van der Waals surface area contributed by atoms with Gasteiger partial charge in [0, 0.05) is 19.7 Å². The molecule has 0 aliphatic rings. The minimum Gasteiger partial charge on any atom is -0.508 e. The summed E-state index contributed by atoms with van der Waals surface area (Å²) >= 11 is 0. The van der Waals surface area contributed by atoms with Crippen LogP contribution in [-0.2, 0) is 0 Å². The maximum Gasteiger partial charge on any atom is 0.271 e. The lowest BCUT2D eigenvalue weighted by Crippen LogP contribution is -2.22. The minimum absolute atomic E-state index is 0.176. The number of nitrogens with zero attached hydrogens (tertiary/aromatic N) is 3. The molecule has 3 rings (SSSR count). The van der Waals surface area contributed by atoms with Crippen molar-refractivity contribution in [1.29, 1.82) is 0 Å². The topological polar surface area (TPSA) is 82.1 Å². The van der Waals surface area contributed by atoms with Crippen molar-refractivity contribution >= 4 is 16.9 Å². The number of rotatable bonds is 2. The Bertz CT molecular complexity index is 912. The summed E-state index contributed by atoms with van der Waals surface area (Å²) in [5.74, 6) is 0.0420. The average molecular weight is 310 g/mol. The zero-order valence-corrected chi connectivity index (χ0v) is 13.5. The first-order chi connectivity index (χ1) is 10.9. The predicted molar refractivity (Wildman–Crippen MR) is 88.5 cm³/mol. The normalized spacial score (nSPS) is 11.0. The fourth-order valence-electron chi connectivity index (χ4n) is 2.72. The molecule has 0 saturated carbocycles. The second-order valence-corrected chi connectivity index (χ2v) is 5.79. The Morgan fingerprint density at radius 3 is 2.70 bits per heavy atom. The number of nitrogens with one attached hydrogen (secondary N) is 1. The third-order valence-corrected chi connectivity index (χ3v) is 3.95. The number of hydrogen-bond donors (Lipinski definition) is 2. The largest absolute Gasteiger partial charge is 0.508 e. The average Bonchev–Trinajstić information content (AvgIpc) is 2.98. The molecule has 23 heavy (non-hydrogen) atoms. The maximum absolute atomic E-state index is 12.3. The summed E-state index contributed by atoms with van der Waals surface area (Å²) in [7, 11) is 3.38. The van der Waals surface area contributed by atoms with Gasteiger partial charge in [-0.1, -0.05) is 6.07 Å². The summed E-state index contributed by atoms with van der Waals surface area (Å²) < 4.78 is 0. The molecule has 0 radical (unpaired) electrons. The first-order valence-corrected chi connectivity index (χ1v) is 7.25. The molecule has 0 unspecified atom stereocenters. The fraction of sp³-hybridized carbons (Fsp3) is 0.235. The third-order valence-electron chi connectivity index (χ3n) is 3.95. The molecule has 2 heterocycles. The van der Waals surface area contributed by atoms with Crippen molar-refractivity contribution in [3.8, 4) is 16.9 Å². The van der Waals surface area contributed by atoms with Gasteiger partial charge in [-0.15, -0.1) is 0 Å². The van der Waals surface area contributed by atoms with E-state index in [1.54, 1.807) is 32.4 Å². The molecule has 0 aliphatic carbocycles. The smallest absolute Gasteiger partial charge is 0.271 e. The number of carbonyl (C=O) groups is 1. The summed E-state index contributed by atoms with van der Waals surface area (Å²) in [6.45, 7) is 3.82. The molecule has 3 aromatic rings. The Morgan fingerprint density at radius 1 is 1.26 bits per heavy atom. The number of phenols is 1. The number of aromatic hydroxyl groups is 1. The number of amides is 1. The Morgan fingerprint density at radius 2 is 2.00 bits per heavy atom. The molecule has 0 fully saturated rings. The van der Waals surface area contributed by atoms with Gasteiger partial charge in [0.05, 0.1) is 11.7 Å². The van der Waals surface area contributed by atoms with E-state index in [1.165, 1.54) is 4.90 Å². The Balaban J connectivity index is 2.35. The number of hydrogen-bond acceptors (Lipinski definition) is 4. The van der Waals surface area contributed by atoms with E-state index in [9.17, 15) is 9.90 Å². The zero-order chi connectivity index (χ0) is 16.7. The van der Waals surface area contributed by atoms with Crippen molar-refractivity contribution in [3.05, 3.63) is 41.2 Å². The molecule has 0 saturated heterocycles. The molecule has 0 aliphatic heterocycles. The van der Waals surface area contributed by atoms with Crippen molar-refractivity contribution in [2.24, 2.45) is 0 Å². The molecule has 2 aromatic heterocycles. The second kappa shape index (κ2) is 5.39. The van der Waals surface area contributed by atoms with Gasteiger partial charge in [-0.05, 0) is 42.7 Å². The molecule has 6 heteroatoms. The number of carbonyl (C=O) groups excluding carboxylic acids is 1. The number of phenolic OH excluding ortho intramolecular Hbond substituents is 1. The molecule has 2 N–H and O–H groups in total. The molecular weight excluding hydrogens is 292 g/mol. The quantitative estimate of drug-likeness (QED) is 0.762. The lowest BCUT2D eigenvalue weighted by Gasteiger charge is -2.15. The van der Waals surface area contributed by atoms with Crippen molar-refractivity contribution < 1.29 is 9.90 Å². The molecule has 118 valence electrons. The van der Waals surface area contributed by atoms with Crippen LogP contribution in [0, 0.1) is 13.8 Å². The molecule has 0 spiro atoms. The predicted octanol–water partition coefficient (Wildman–Crippen LogP) is 2.65. The van der Waals surface area contributed by atoms with Gasteiger partial charge in [-0.3, -0.25) is 9.89 Å². The van der Waals surface area contributed by atoms with Gasteiger partial charge in [0.25, 0.3) is 5.91 Å². The highest BCUT2D eigenvalue weighted by Gasteiger charge is 2.19. The van der Waals surface area contributed by atoms with Crippen LogP contribution >= 0.6 is 0 Å². The van der Waals surface area contributed by atoms with E-state index < -0.39 is 0 Å². The van der Waals surface area contributed by atoms with E-state index in [0.29, 0.717) is 11.2 Å². The number of aromatic nitrogens is 3. The van der Waals surface area contributed by atoms with E-state index >= 15 is 0 Å². The van der Waals surface area contributed by atoms with Crippen LogP contribution < -0.4 is 0 Å². The third kappa shape index (κ3) is 2.42. The van der Waals surface area contributed by atoms with E-state index in [1.807, 2.05) is 19.9 Å². The monoisotopic (exact) mass is 310 g/mol. The van der Waals surface area contributed by atoms with E-state index in [0.717, 1.165) is 27.8 Å². The summed E-state index contributed by atoms with van der Waals surface area (Å²) in [6, 6.07) is 5.27. The molecule has 0 atom stereocenters. The number of aryl methyl sites for hydroxylation is 1. The van der Waals surface area contributed by atoms with Gasteiger partial charge in [0.1, 0.15) is 17.0 Å². The van der Waals surface area contributed by atoms with Crippen LogP contribution in [0.4, 0.5) is 0 Å². The summed E-state index contributed by atoms with van der Waals surface area (Å²) in [5.41, 5.74) is 5.17. The van der Waals surface area contributed by atoms with Gasteiger partial charge in [0.2, 0.25) is 0 Å². The lowest BCUT2D eigenvalue weighted by molar-refractivity contribution is 0.0822. The molecule has 6 nitrogen and oxygen atoms in total. The summed E-state index contributed by atoms with van der Waals surface area (Å²) in [6.07, 6.45) is 1.60. The van der Waals surface area contributed by atoms with Crippen molar-refractivity contribution in [3.63, 3.8) is 0 Å². The number of pyridine rings is 1. The van der Waals surface area contributed by atoms with Gasteiger partial charge in [0.15, 0.2) is 0 Å². The van der Waals surface area contributed by atoms with E-state index in [2.05, 4.69) is 15.2 Å². The summed E-state index contributed by atoms with van der Waals surface area (Å²) in [4.78, 5) is 18.2. The standard InChI is InChI=1S/C17H18N4O2/c1-9-5-6-14(22)10(2)15(9)11-7-12(17(23)21(3)4)19-13-8-18-20-16(11)13/h5-8,22H,1-4H3,(H,18,20). The Kier molecular flexibility index (Phi) is 3.52. The van der Waals surface area contributed by atoms with Crippen molar-refractivity contribution in [2.75, 3.05) is 14.1 Å². The van der Waals surface area contributed by atoms with Crippen LogP contribution in [0.1, 0.15) is 21.6 Å². The Hall–Kier alpha value is -2.89. The molecule has 0 bridgehead atoms. The van der Waals surface area contributed by atoms with Gasteiger partial charge >= 0.3 is 0 Å². The highest BCUT2D eigenvalue weighted by atomic mass is 16.3. The first kappa shape index (κ1) is 15.0. The molecular formula is C17H18N4O2. The van der Waals surface area contributed by atoms with Crippen LogP contribution in [0.2, 0.25) is 0 Å². The van der Waals surface area contributed by atoms with Gasteiger partial charge < -0.3 is 10.0 Å². The van der Waals surface area contributed by atoms with Crippen LogP contribution in [0.25, 0.3) is 22.2 Å². The Labute approximate surface area is 133 Å². The SMILES string of the molecule is Cc1ccc(O)c(C)c1-c1cc(C(=O)N(C)C)nc2cn[nH]c12. The molecule has 1 aromatic carbocycles. The number of aromatic amines is 1. The number of H-pyrrole nitrogens is 1. The summed E-state index contributed by atoms with van der Waals surface area (Å²) in [5, 5.41) is 17.0.